The molecule has 0 bridgehead atoms. The summed E-state index contributed by atoms with van der Waals surface area (Å²) in [5.41, 5.74) is 7.38. The highest BCUT2D eigenvalue weighted by Crippen LogP contribution is 2.50. The van der Waals surface area contributed by atoms with Crippen molar-refractivity contribution in [2.45, 2.75) is 33.6 Å². The van der Waals surface area contributed by atoms with Gasteiger partial charge in [0.2, 0.25) is 0 Å². The first-order valence-corrected chi connectivity index (χ1v) is 9.57. The van der Waals surface area contributed by atoms with Crippen molar-refractivity contribution >= 4 is 34.5 Å². The Morgan fingerprint density at radius 1 is 1.34 bits per heavy atom. The summed E-state index contributed by atoms with van der Waals surface area (Å²) < 4.78 is 11.3. The van der Waals surface area contributed by atoms with Crippen molar-refractivity contribution in [1.29, 1.82) is 5.41 Å². The Bertz CT molecular complexity index is 957. The third-order valence-electron chi connectivity index (χ3n) is 4.17. The highest BCUT2D eigenvalue weighted by atomic mass is 35.5. The van der Waals surface area contributed by atoms with Gasteiger partial charge in [-0.1, -0.05) is 31.5 Å². The number of ether oxygens (including phenoxy) is 2. The van der Waals surface area contributed by atoms with E-state index in [9.17, 15) is 4.79 Å². The molecular formula is C21H25ClN4O3. The zero-order valence-electron chi connectivity index (χ0n) is 16.9. The number of anilines is 2. The van der Waals surface area contributed by atoms with Crippen LogP contribution in [0.4, 0.5) is 11.4 Å². The first-order valence-electron chi connectivity index (χ1n) is 9.19. The van der Waals surface area contributed by atoms with Gasteiger partial charge in [-0.3, -0.25) is 4.79 Å². The van der Waals surface area contributed by atoms with Gasteiger partial charge < -0.3 is 25.9 Å². The number of nitrogens with two attached hydrogens (primary N) is 1. The van der Waals surface area contributed by atoms with Gasteiger partial charge in [0.1, 0.15) is 5.69 Å². The van der Waals surface area contributed by atoms with Crippen molar-refractivity contribution in [3.8, 4) is 17.2 Å². The Hall–Kier alpha value is -3.06. The molecule has 3 rings (SSSR count). The van der Waals surface area contributed by atoms with Crippen LogP contribution in [0.2, 0.25) is 5.15 Å². The third-order valence-corrected chi connectivity index (χ3v) is 4.44. The minimum Gasteiger partial charge on any atom is -0.494 e. The quantitative estimate of drug-likeness (QED) is 0.290. The van der Waals surface area contributed by atoms with Crippen LogP contribution in [-0.2, 0) is 0 Å². The number of carbonyl (C=O) groups is 1. The predicted molar refractivity (Wildman–Crippen MR) is 116 cm³/mol. The van der Waals surface area contributed by atoms with Gasteiger partial charge >= 0.3 is 0 Å². The van der Waals surface area contributed by atoms with Gasteiger partial charge in [0, 0.05) is 23.9 Å². The number of aromatic nitrogens is 1. The van der Waals surface area contributed by atoms with E-state index in [4.69, 9.17) is 32.2 Å². The molecular weight excluding hydrogens is 392 g/mol. The molecule has 8 heteroatoms. The Balaban J connectivity index is 0.000000537. The van der Waals surface area contributed by atoms with Crippen molar-refractivity contribution in [2.75, 3.05) is 12.4 Å². The summed E-state index contributed by atoms with van der Waals surface area (Å²) in [5, 5.41) is 11.2. The molecule has 29 heavy (non-hydrogen) atoms. The molecule has 0 fully saturated rings. The van der Waals surface area contributed by atoms with E-state index in [1.165, 1.54) is 13.3 Å². The van der Waals surface area contributed by atoms with Crippen LogP contribution in [0.3, 0.4) is 0 Å². The van der Waals surface area contributed by atoms with Crippen LogP contribution < -0.4 is 20.5 Å². The second-order valence-corrected chi connectivity index (χ2v) is 6.51. The molecule has 0 atom stereocenters. The number of benzene rings is 1. The molecule has 7 nitrogen and oxygen atoms in total. The van der Waals surface area contributed by atoms with Gasteiger partial charge in [0.25, 0.3) is 0 Å². The van der Waals surface area contributed by atoms with E-state index in [1.54, 1.807) is 32.2 Å². The van der Waals surface area contributed by atoms with Crippen molar-refractivity contribution < 1.29 is 14.3 Å². The van der Waals surface area contributed by atoms with Gasteiger partial charge in [-0.25, -0.2) is 4.98 Å². The van der Waals surface area contributed by atoms with Gasteiger partial charge in [0.15, 0.2) is 28.2 Å². The Morgan fingerprint density at radius 3 is 2.59 bits per heavy atom. The summed E-state index contributed by atoms with van der Waals surface area (Å²) in [4.78, 5) is 16.2. The molecule has 2 aromatic rings. The summed E-state index contributed by atoms with van der Waals surface area (Å²) in [6, 6.07) is 3.47. The number of hydrogen-bond acceptors (Lipinski definition) is 7. The molecule has 0 saturated heterocycles. The summed E-state index contributed by atoms with van der Waals surface area (Å²) >= 11 is 6.13. The van der Waals surface area contributed by atoms with Crippen LogP contribution in [-0.4, -0.2) is 23.6 Å². The number of Topliss-reactive ketones (excluding diaryl/α,β-unsaturated/α-hetero) is 1. The molecule has 1 aliphatic heterocycles. The lowest BCUT2D eigenvalue weighted by molar-refractivity contribution is 0.0988. The lowest BCUT2D eigenvalue weighted by Crippen LogP contribution is -2.12. The number of pyridine rings is 1. The molecule has 0 amide bonds. The average Bonchev–Trinajstić information content (AvgIpc) is 2.72. The normalized spacial score (nSPS) is 11.3. The molecule has 1 aliphatic rings. The second kappa shape index (κ2) is 9.93. The maximum absolute atomic E-state index is 12.2. The SMILES string of the molecule is CC/C=C/N.CCC(=O)c1cnc(Cl)c2c1Nc1c(ccc(C(C)=N)c1OC)O2. The lowest BCUT2D eigenvalue weighted by atomic mass is 10.0. The number of ketones is 1. The van der Waals surface area contributed by atoms with Crippen LogP contribution >= 0.6 is 11.6 Å². The number of rotatable bonds is 5. The van der Waals surface area contributed by atoms with E-state index in [0.29, 0.717) is 51.9 Å². The summed E-state index contributed by atoms with van der Waals surface area (Å²) in [5.74, 6) is 1.21. The maximum Gasteiger partial charge on any atom is 0.188 e. The largest absolute Gasteiger partial charge is 0.494 e. The average molecular weight is 417 g/mol. The molecule has 154 valence electrons. The minimum absolute atomic E-state index is 0.0756. The molecule has 4 N–H and O–H groups in total. The fraction of sp³-hybridized carbons (Fsp3) is 0.286. The van der Waals surface area contributed by atoms with E-state index in [-0.39, 0.29) is 10.9 Å². The van der Waals surface area contributed by atoms with Crippen molar-refractivity contribution in [1.82, 2.24) is 4.98 Å². The summed E-state index contributed by atoms with van der Waals surface area (Å²) in [7, 11) is 1.52. The van der Waals surface area contributed by atoms with Crippen LogP contribution in [0.25, 0.3) is 0 Å². The van der Waals surface area contributed by atoms with Crippen molar-refractivity contribution in [2.24, 2.45) is 5.73 Å². The van der Waals surface area contributed by atoms with E-state index in [2.05, 4.69) is 10.3 Å². The van der Waals surface area contributed by atoms with Crippen LogP contribution in [0.1, 0.15) is 49.5 Å². The number of methoxy groups -OCH3 is 1. The third kappa shape index (κ3) is 4.68. The molecule has 2 heterocycles. The van der Waals surface area contributed by atoms with Crippen LogP contribution in [0, 0.1) is 5.41 Å². The minimum atomic E-state index is -0.0756. The van der Waals surface area contributed by atoms with Crippen LogP contribution in [0.5, 0.6) is 17.2 Å². The Morgan fingerprint density at radius 2 is 2.07 bits per heavy atom. The molecule has 0 aliphatic carbocycles. The summed E-state index contributed by atoms with van der Waals surface area (Å²) in [6.07, 6.45) is 6.27. The number of carbonyl (C=O) groups excluding carboxylic acids is 1. The molecule has 0 spiro atoms. The van der Waals surface area contributed by atoms with Gasteiger partial charge in [-0.05, 0) is 31.7 Å². The Kier molecular flexibility index (Phi) is 7.61. The molecule has 1 aromatic carbocycles. The smallest absolute Gasteiger partial charge is 0.188 e. The number of nitrogens with one attached hydrogen (secondary N) is 2. The zero-order chi connectivity index (χ0) is 21.6. The van der Waals surface area contributed by atoms with Gasteiger partial charge in [-0.15, -0.1) is 0 Å². The molecule has 0 unspecified atom stereocenters. The van der Waals surface area contributed by atoms with E-state index in [1.807, 2.05) is 13.0 Å². The topological polar surface area (TPSA) is 110 Å². The monoisotopic (exact) mass is 416 g/mol. The number of nitrogens with zero attached hydrogens (tertiary/aromatic N) is 1. The number of hydrogen-bond donors (Lipinski definition) is 3. The molecule has 0 radical (unpaired) electrons. The standard InChI is InChI=1S/C17H16ClN3O3.C4H9N/c1-4-11(22)10-7-20-17(18)16-13(10)21-14-12(24-16)6-5-9(8(2)19)15(14)23-3;1-2-3-4-5/h5-7,19,21H,4H2,1-3H3;3-4H,2,5H2,1H3/b;4-3+. The van der Waals surface area contributed by atoms with Crippen LogP contribution in [0.15, 0.2) is 30.6 Å². The van der Waals surface area contributed by atoms with Gasteiger partial charge in [-0.2, -0.15) is 0 Å². The van der Waals surface area contributed by atoms with Crippen molar-refractivity contribution in [3.05, 3.63) is 46.9 Å². The molecule has 1 aromatic heterocycles. The van der Waals surface area contributed by atoms with E-state index in [0.717, 1.165) is 6.42 Å². The first-order chi connectivity index (χ1) is 13.9. The van der Waals surface area contributed by atoms with E-state index < -0.39 is 0 Å². The highest BCUT2D eigenvalue weighted by Gasteiger charge is 2.28. The highest BCUT2D eigenvalue weighted by molar-refractivity contribution is 6.31. The van der Waals surface area contributed by atoms with E-state index >= 15 is 0 Å². The number of halogens is 1. The first kappa shape index (κ1) is 22.2. The number of fused-ring (bicyclic) bond motifs is 2. The number of allylic oxidation sites excluding steroid dienone is 1. The summed E-state index contributed by atoms with van der Waals surface area (Å²) in [6.45, 7) is 5.50. The zero-order valence-corrected chi connectivity index (χ0v) is 17.7. The van der Waals surface area contributed by atoms with Gasteiger partial charge in [0.05, 0.1) is 18.4 Å². The lowest BCUT2D eigenvalue weighted by Gasteiger charge is -2.26. The Labute approximate surface area is 175 Å². The van der Waals surface area contributed by atoms with Crippen molar-refractivity contribution in [3.63, 3.8) is 0 Å². The second-order valence-electron chi connectivity index (χ2n) is 6.15. The predicted octanol–water partition coefficient (Wildman–Crippen LogP) is 5.44. The fourth-order valence-corrected chi connectivity index (χ4v) is 2.92. The molecule has 0 saturated carbocycles. The maximum atomic E-state index is 12.2. The fourth-order valence-electron chi connectivity index (χ4n) is 2.74.